The highest BCUT2D eigenvalue weighted by molar-refractivity contribution is 9.10. The van der Waals surface area contributed by atoms with Crippen LogP contribution in [0.4, 0.5) is 0 Å². The molecule has 5 heteroatoms. The topological polar surface area (TPSA) is 64.9 Å². The van der Waals surface area contributed by atoms with E-state index in [-0.39, 0.29) is 18.5 Å². The van der Waals surface area contributed by atoms with E-state index in [9.17, 15) is 4.79 Å². The zero-order chi connectivity index (χ0) is 13.4. The molecular weight excluding hydrogens is 294 g/mol. The first-order valence-electron chi connectivity index (χ1n) is 5.76. The van der Waals surface area contributed by atoms with Crippen LogP contribution in [-0.2, 0) is 4.79 Å². The zero-order valence-electron chi connectivity index (χ0n) is 10.2. The summed E-state index contributed by atoms with van der Waals surface area (Å²) in [4.78, 5) is 11.4. The van der Waals surface area contributed by atoms with Crippen molar-refractivity contribution in [2.45, 2.75) is 19.4 Å². The lowest BCUT2D eigenvalue weighted by Gasteiger charge is -2.14. The molecule has 0 aliphatic heterocycles. The maximum atomic E-state index is 11.4. The fourth-order valence-corrected chi connectivity index (χ4v) is 1.88. The lowest BCUT2D eigenvalue weighted by Crippen LogP contribution is -2.35. The van der Waals surface area contributed by atoms with Gasteiger partial charge in [0.25, 0.3) is 0 Å². The molecule has 1 rings (SSSR count). The van der Waals surface area contributed by atoms with Crippen LogP contribution in [0.2, 0.25) is 0 Å². The van der Waals surface area contributed by atoms with Gasteiger partial charge in [-0.3, -0.25) is 4.79 Å². The van der Waals surface area contributed by atoms with Gasteiger partial charge in [-0.2, -0.15) is 5.26 Å². The lowest BCUT2D eigenvalue weighted by molar-refractivity contribution is -0.120. The number of hydrogen-bond donors (Lipinski definition) is 2. The van der Waals surface area contributed by atoms with Crippen molar-refractivity contribution in [3.63, 3.8) is 0 Å². The molecule has 0 unspecified atom stereocenters. The summed E-state index contributed by atoms with van der Waals surface area (Å²) >= 11 is 3.41. The van der Waals surface area contributed by atoms with E-state index in [4.69, 9.17) is 5.26 Å². The van der Waals surface area contributed by atoms with E-state index in [0.29, 0.717) is 13.0 Å². The van der Waals surface area contributed by atoms with Gasteiger partial charge in [0, 0.05) is 17.1 Å². The molecule has 1 aromatic carbocycles. The second-order valence-electron chi connectivity index (χ2n) is 3.92. The van der Waals surface area contributed by atoms with Gasteiger partial charge in [-0.15, -0.1) is 0 Å². The predicted molar refractivity (Wildman–Crippen MR) is 73.8 cm³/mol. The van der Waals surface area contributed by atoms with E-state index in [0.717, 1.165) is 10.0 Å². The predicted octanol–water partition coefficient (Wildman–Crippen LogP) is 2.13. The molecule has 0 fully saturated rings. The van der Waals surface area contributed by atoms with Crippen LogP contribution in [0, 0.1) is 11.3 Å². The van der Waals surface area contributed by atoms with Crippen LogP contribution in [0.25, 0.3) is 0 Å². The van der Waals surface area contributed by atoms with Crippen molar-refractivity contribution >= 4 is 21.8 Å². The molecule has 0 saturated carbocycles. The summed E-state index contributed by atoms with van der Waals surface area (Å²) in [6.45, 7) is 2.66. The Morgan fingerprint density at radius 2 is 2.33 bits per heavy atom. The van der Waals surface area contributed by atoms with Crippen molar-refractivity contribution < 1.29 is 4.79 Å². The average molecular weight is 310 g/mol. The Labute approximate surface area is 116 Å². The highest BCUT2D eigenvalue weighted by atomic mass is 79.9. The highest BCUT2D eigenvalue weighted by Gasteiger charge is 2.07. The molecule has 0 aliphatic rings. The lowest BCUT2D eigenvalue weighted by atomic mass is 10.1. The number of amides is 1. The molecule has 0 radical (unpaired) electrons. The minimum absolute atomic E-state index is 0.0907. The van der Waals surface area contributed by atoms with Crippen molar-refractivity contribution in [1.29, 1.82) is 5.26 Å². The standard InChI is InChI=1S/C13H16BrN3O/c1-10(11-4-2-5-12(14)8-11)17-9-13(18)16-7-3-6-15/h2,4-5,8,10,17H,3,7,9H2,1H3,(H,16,18)/t10-/m1/s1. The summed E-state index contributed by atoms with van der Waals surface area (Å²) in [5, 5.41) is 14.2. The smallest absolute Gasteiger partial charge is 0.234 e. The second kappa shape index (κ2) is 7.85. The van der Waals surface area contributed by atoms with Crippen LogP contribution in [0.1, 0.15) is 24.9 Å². The fraction of sp³-hybridized carbons (Fsp3) is 0.385. The molecule has 96 valence electrons. The summed E-state index contributed by atoms with van der Waals surface area (Å²) in [5.74, 6) is -0.0907. The number of benzene rings is 1. The Hall–Kier alpha value is -1.38. The molecule has 0 spiro atoms. The van der Waals surface area contributed by atoms with Crippen LogP contribution < -0.4 is 10.6 Å². The van der Waals surface area contributed by atoms with Crippen molar-refractivity contribution in [3.8, 4) is 6.07 Å². The monoisotopic (exact) mass is 309 g/mol. The first-order chi connectivity index (χ1) is 8.63. The fourth-order valence-electron chi connectivity index (χ4n) is 1.46. The molecule has 0 heterocycles. The molecule has 0 saturated heterocycles. The number of nitriles is 1. The first kappa shape index (κ1) is 14.7. The molecule has 0 aliphatic carbocycles. The van der Waals surface area contributed by atoms with Crippen LogP contribution >= 0.6 is 15.9 Å². The zero-order valence-corrected chi connectivity index (χ0v) is 11.8. The SMILES string of the molecule is C[C@@H](NCC(=O)NCCC#N)c1cccc(Br)c1. The van der Waals surface area contributed by atoms with Gasteiger partial charge in [0.05, 0.1) is 19.0 Å². The third kappa shape index (κ3) is 5.30. The van der Waals surface area contributed by atoms with E-state index in [1.54, 1.807) is 0 Å². The average Bonchev–Trinajstić information content (AvgIpc) is 2.36. The van der Waals surface area contributed by atoms with Crippen molar-refractivity contribution in [2.24, 2.45) is 0 Å². The molecule has 1 atom stereocenters. The maximum Gasteiger partial charge on any atom is 0.234 e. The Balaban J connectivity index is 2.35. The third-order valence-electron chi connectivity index (χ3n) is 2.48. The van der Waals surface area contributed by atoms with Gasteiger partial charge < -0.3 is 10.6 Å². The van der Waals surface area contributed by atoms with Crippen molar-refractivity contribution in [1.82, 2.24) is 10.6 Å². The van der Waals surface area contributed by atoms with Crippen LogP contribution in [-0.4, -0.2) is 19.0 Å². The molecule has 1 aromatic rings. The van der Waals surface area contributed by atoms with Crippen LogP contribution in [0.5, 0.6) is 0 Å². The van der Waals surface area contributed by atoms with Crippen LogP contribution in [0.3, 0.4) is 0 Å². The Morgan fingerprint density at radius 1 is 1.56 bits per heavy atom. The summed E-state index contributed by atoms with van der Waals surface area (Å²) in [6.07, 6.45) is 0.340. The molecule has 1 amide bonds. The minimum atomic E-state index is -0.0907. The number of rotatable bonds is 6. The van der Waals surface area contributed by atoms with E-state index < -0.39 is 0 Å². The number of halogens is 1. The van der Waals surface area contributed by atoms with Gasteiger partial charge >= 0.3 is 0 Å². The van der Waals surface area contributed by atoms with Gasteiger partial charge in [-0.25, -0.2) is 0 Å². The summed E-state index contributed by atoms with van der Waals surface area (Å²) in [7, 11) is 0. The largest absolute Gasteiger partial charge is 0.354 e. The Bertz CT molecular complexity index is 442. The van der Waals surface area contributed by atoms with E-state index in [1.165, 1.54) is 0 Å². The molecular formula is C13H16BrN3O. The molecule has 0 bridgehead atoms. The highest BCUT2D eigenvalue weighted by Crippen LogP contribution is 2.17. The maximum absolute atomic E-state index is 11.4. The normalized spacial score (nSPS) is 11.6. The molecule has 18 heavy (non-hydrogen) atoms. The van der Waals surface area contributed by atoms with Gasteiger partial charge in [0.15, 0.2) is 0 Å². The third-order valence-corrected chi connectivity index (χ3v) is 2.97. The second-order valence-corrected chi connectivity index (χ2v) is 4.83. The molecule has 0 aromatic heterocycles. The number of nitrogens with zero attached hydrogens (tertiary/aromatic N) is 1. The van der Waals surface area contributed by atoms with Crippen molar-refractivity contribution in [3.05, 3.63) is 34.3 Å². The minimum Gasteiger partial charge on any atom is -0.354 e. The van der Waals surface area contributed by atoms with Crippen LogP contribution in [0.15, 0.2) is 28.7 Å². The van der Waals surface area contributed by atoms with Gasteiger partial charge in [-0.1, -0.05) is 28.1 Å². The molecule has 4 nitrogen and oxygen atoms in total. The molecule has 2 N–H and O–H groups in total. The van der Waals surface area contributed by atoms with E-state index >= 15 is 0 Å². The summed E-state index contributed by atoms with van der Waals surface area (Å²) in [5.41, 5.74) is 1.12. The van der Waals surface area contributed by atoms with E-state index in [2.05, 4.69) is 26.6 Å². The number of carbonyl (C=O) groups excluding carboxylic acids is 1. The number of nitrogens with one attached hydrogen (secondary N) is 2. The first-order valence-corrected chi connectivity index (χ1v) is 6.55. The van der Waals surface area contributed by atoms with Gasteiger partial charge in [0.2, 0.25) is 5.91 Å². The quantitative estimate of drug-likeness (QED) is 0.791. The Kier molecular flexibility index (Phi) is 6.40. The van der Waals surface area contributed by atoms with Crippen molar-refractivity contribution in [2.75, 3.05) is 13.1 Å². The summed E-state index contributed by atoms with van der Waals surface area (Å²) in [6, 6.07) is 10.0. The number of hydrogen-bond acceptors (Lipinski definition) is 3. The van der Waals surface area contributed by atoms with Gasteiger partial charge in [0.1, 0.15) is 0 Å². The van der Waals surface area contributed by atoms with Gasteiger partial charge in [-0.05, 0) is 24.6 Å². The Morgan fingerprint density at radius 3 is 3.00 bits per heavy atom. The summed E-state index contributed by atoms with van der Waals surface area (Å²) < 4.78 is 1.02. The number of carbonyl (C=O) groups is 1. The van der Waals surface area contributed by atoms with E-state index in [1.807, 2.05) is 37.3 Å².